The van der Waals surface area contributed by atoms with Crippen molar-refractivity contribution in [2.24, 2.45) is 5.73 Å². The summed E-state index contributed by atoms with van der Waals surface area (Å²) in [6, 6.07) is 15.8. The molecule has 3 unspecified atom stereocenters. The first-order valence-electron chi connectivity index (χ1n) is 8.24. The monoisotopic (exact) mass is 361 g/mol. The second-order valence-electron chi connectivity index (χ2n) is 6.28. The molecule has 2 N–H and O–H groups in total. The molecule has 0 heterocycles. The lowest BCUT2D eigenvalue weighted by molar-refractivity contribution is 0.125. The Morgan fingerprint density at radius 2 is 1.72 bits per heavy atom. The first kappa shape index (κ1) is 17.9. The highest BCUT2D eigenvalue weighted by atomic mass is 32.2. The zero-order valence-corrected chi connectivity index (χ0v) is 15.2. The molecule has 6 heteroatoms. The summed E-state index contributed by atoms with van der Waals surface area (Å²) in [5, 5.41) is -0.706. The van der Waals surface area contributed by atoms with E-state index in [2.05, 4.69) is 0 Å². The van der Waals surface area contributed by atoms with Gasteiger partial charge in [0.25, 0.3) is 0 Å². The Labute approximate surface area is 148 Å². The van der Waals surface area contributed by atoms with Gasteiger partial charge >= 0.3 is 0 Å². The van der Waals surface area contributed by atoms with Crippen LogP contribution in [0.15, 0.2) is 59.5 Å². The molecule has 0 aromatic heterocycles. The summed E-state index contributed by atoms with van der Waals surface area (Å²) < 4.78 is 36.9. The summed E-state index contributed by atoms with van der Waals surface area (Å²) in [7, 11) is -1.96. The van der Waals surface area contributed by atoms with Crippen molar-refractivity contribution in [3.8, 4) is 5.75 Å². The van der Waals surface area contributed by atoms with E-state index in [1.165, 1.54) is 0 Å². The Balaban J connectivity index is 1.97. The third-order valence-electron chi connectivity index (χ3n) is 4.74. The number of hydrogen-bond acceptors (Lipinski definition) is 5. The van der Waals surface area contributed by atoms with E-state index in [4.69, 9.17) is 15.2 Å². The molecule has 25 heavy (non-hydrogen) atoms. The minimum absolute atomic E-state index is 0.205. The van der Waals surface area contributed by atoms with Gasteiger partial charge in [-0.1, -0.05) is 30.3 Å². The highest BCUT2D eigenvalue weighted by molar-refractivity contribution is 7.92. The van der Waals surface area contributed by atoms with Gasteiger partial charge in [0.05, 0.1) is 29.4 Å². The van der Waals surface area contributed by atoms with Crippen molar-refractivity contribution in [1.82, 2.24) is 0 Å². The lowest BCUT2D eigenvalue weighted by atomic mass is 10.1. The molecule has 3 rings (SSSR count). The van der Waals surface area contributed by atoms with Crippen molar-refractivity contribution < 1.29 is 17.9 Å². The lowest BCUT2D eigenvalue weighted by Crippen LogP contribution is -2.36. The lowest BCUT2D eigenvalue weighted by Gasteiger charge is -2.12. The fraction of sp³-hybridized carbons (Fsp3) is 0.368. The molecule has 1 aliphatic rings. The number of methoxy groups -OCH3 is 1. The molecule has 0 spiro atoms. The number of hydrogen-bond donors (Lipinski definition) is 1. The smallest absolute Gasteiger partial charge is 0.183 e. The van der Waals surface area contributed by atoms with Crippen LogP contribution >= 0.6 is 0 Å². The second-order valence-corrected chi connectivity index (χ2v) is 8.35. The molecule has 2 aromatic carbocycles. The Morgan fingerprint density at radius 1 is 1.08 bits per heavy atom. The van der Waals surface area contributed by atoms with Crippen LogP contribution in [0.5, 0.6) is 5.75 Å². The first-order chi connectivity index (χ1) is 11.9. The zero-order valence-electron chi connectivity index (χ0n) is 14.4. The van der Waals surface area contributed by atoms with E-state index in [9.17, 15) is 8.42 Å². The van der Waals surface area contributed by atoms with Crippen molar-refractivity contribution in [1.29, 1.82) is 0 Å². The van der Waals surface area contributed by atoms with Gasteiger partial charge in [-0.15, -0.1) is 0 Å². The molecule has 5 nitrogen and oxygen atoms in total. The Morgan fingerprint density at radius 3 is 2.28 bits per heavy atom. The minimum atomic E-state index is -3.55. The van der Waals surface area contributed by atoms with Gasteiger partial charge in [-0.25, -0.2) is 8.42 Å². The van der Waals surface area contributed by atoms with E-state index in [0.29, 0.717) is 11.5 Å². The van der Waals surface area contributed by atoms with Crippen molar-refractivity contribution in [3.05, 3.63) is 60.2 Å². The fourth-order valence-electron chi connectivity index (χ4n) is 3.39. The van der Waals surface area contributed by atoms with Crippen molar-refractivity contribution >= 4 is 9.84 Å². The summed E-state index contributed by atoms with van der Waals surface area (Å²) >= 11 is 0. The molecular formula is C19H23NO4S. The minimum Gasteiger partial charge on any atom is -0.497 e. The number of rotatable bonds is 7. The summed E-state index contributed by atoms with van der Waals surface area (Å²) in [4.78, 5) is 0.294. The number of sulfone groups is 1. The molecule has 1 fully saturated rings. The SMILES string of the molecule is CCOCC1(N)C(c2ccc(OC)cc2)C1S(=O)(=O)c1ccccc1. The van der Waals surface area contributed by atoms with Gasteiger partial charge in [0.2, 0.25) is 0 Å². The predicted molar refractivity (Wildman–Crippen MR) is 96.6 cm³/mol. The molecule has 0 bridgehead atoms. The van der Waals surface area contributed by atoms with E-state index in [-0.39, 0.29) is 12.5 Å². The van der Waals surface area contributed by atoms with Gasteiger partial charge < -0.3 is 15.2 Å². The van der Waals surface area contributed by atoms with Gasteiger partial charge in [-0.2, -0.15) is 0 Å². The van der Waals surface area contributed by atoms with Crippen LogP contribution in [0.1, 0.15) is 18.4 Å². The number of benzene rings is 2. The Hall–Kier alpha value is -1.89. The highest BCUT2D eigenvalue weighted by Gasteiger charge is 2.69. The van der Waals surface area contributed by atoms with Crippen LogP contribution < -0.4 is 10.5 Å². The van der Waals surface area contributed by atoms with E-state index in [0.717, 1.165) is 11.3 Å². The molecule has 3 atom stereocenters. The van der Waals surface area contributed by atoms with E-state index in [1.54, 1.807) is 37.4 Å². The summed E-state index contributed by atoms with van der Waals surface area (Å²) in [5.74, 6) is 0.412. The molecule has 2 aromatic rings. The van der Waals surface area contributed by atoms with Gasteiger partial charge in [0.15, 0.2) is 9.84 Å². The summed E-state index contributed by atoms with van der Waals surface area (Å²) in [6.07, 6.45) is 0. The van der Waals surface area contributed by atoms with E-state index >= 15 is 0 Å². The Kier molecular flexibility index (Phi) is 4.86. The zero-order chi connectivity index (χ0) is 18.1. The fourth-order valence-corrected chi connectivity index (χ4v) is 5.71. The molecular weight excluding hydrogens is 338 g/mol. The van der Waals surface area contributed by atoms with Gasteiger partial charge in [-0.3, -0.25) is 0 Å². The van der Waals surface area contributed by atoms with Gasteiger partial charge in [0.1, 0.15) is 5.75 Å². The average Bonchev–Trinajstić information content (AvgIpc) is 3.27. The second kappa shape index (κ2) is 6.78. The topological polar surface area (TPSA) is 78.6 Å². The van der Waals surface area contributed by atoms with E-state index in [1.807, 2.05) is 31.2 Å². The Bertz CT molecular complexity index is 820. The van der Waals surface area contributed by atoms with Crippen LogP contribution in [0.3, 0.4) is 0 Å². The number of ether oxygens (including phenoxy) is 2. The average molecular weight is 361 g/mol. The van der Waals surface area contributed by atoms with Gasteiger partial charge in [-0.05, 0) is 36.8 Å². The molecule has 0 aliphatic heterocycles. The number of nitrogens with two attached hydrogens (primary N) is 1. The van der Waals surface area contributed by atoms with Crippen LogP contribution in [-0.4, -0.2) is 39.5 Å². The maximum absolute atomic E-state index is 13.1. The van der Waals surface area contributed by atoms with Crippen LogP contribution in [0, 0.1) is 0 Å². The standard InChI is InChI=1S/C19H23NO4S/c1-3-24-13-19(20)17(14-9-11-15(23-2)12-10-14)18(19)25(21,22)16-7-5-4-6-8-16/h4-12,17-18H,3,13,20H2,1-2H3. The first-order valence-corrected chi connectivity index (χ1v) is 9.79. The third kappa shape index (κ3) is 3.17. The molecule has 1 saturated carbocycles. The van der Waals surface area contributed by atoms with E-state index < -0.39 is 20.6 Å². The normalized spacial score (nSPS) is 25.6. The quantitative estimate of drug-likeness (QED) is 0.819. The van der Waals surface area contributed by atoms with Crippen molar-refractivity contribution in [3.63, 3.8) is 0 Å². The van der Waals surface area contributed by atoms with Crippen molar-refractivity contribution in [2.45, 2.75) is 28.5 Å². The largest absolute Gasteiger partial charge is 0.497 e. The molecule has 134 valence electrons. The molecule has 1 aliphatic carbocycles. The molecule has 0 saturated heterocycles. The summed E-state index contributed by atoms with van der Waals surface area (Å²) in [6.45, 7) is 2.57. The molecule has 0 radical (unpaired) electrons. The third-order valence-corrected chi connectivity index (χ3v) is 7.05. The molecule has 0 amide bonds. The van der Waals surface area contributed by atoms with Crippen molar-refractivity contribution in [2.75, 3.05) is 20.3 Å². The summed E-state index contributed by atoms with van der Waals surface area (Å²) in [5.41, 5.74) is 6.46. The maximum Gasteiger partial charge on any atom is 0.183 e. The predicted octanol–water partition coefficient (Wildman–Crippen LogP) is 2.37. The maximum atomic E-state index is 13.1. The van der Waals surface area contributed by atoms with Crippen LogP contribution in [0.25, 0.3) is 0 Å². The van der Waals surface area contributed by atoms with Crippen LogP contribution in [0.4, 0.5) is 0 Å². The van der Waals surface area contributed by atoms with Gasteiger partial charge in [0, 0.05) is 12.5 Å². The highest BCUT2D eigenvalue weighted by Crippen LogP contribution is 2.55. The van der Waals surface area contributed by atoms with Crippen LogP contribution in [-0.2, 0) is 14.6 Å². The van der Waals surface area contributed by atoms with Crippen LogP contribution in [0.2, 0.25) is 0 Å².